The smallest absolute Gasteiger partial charge is 0.344 e. The molecule has 0 bridgehead atoms. The predicted octanol–water partition coefficient (Wildman–Crippen LogP) is 4.24. The van der Waals surface area contributed by atoms with Crippen LogP contribution >= 0.6 is 67.8 Å². The molecule has 0 saturated carbocycles. The van der Waals surface area contributed by atoms with E-state index in [0.717, 1.165) is 10.7 Å². The highest BCUT2D eigenvalue weighted by molar-refractivity contribution is 14.1. The summed E-state index contributed by atoms with van der Waals surface area (Å²) in [6, 6.07) is 6.13. The maximum atomic E-state index is 12.4. The number of hydrogen-bond donors (Lipinski definition) is 0. The van der Waals surface area contributed by atoms with E-state index in [-0.39, 0.29) is 16.2 Å². The minimum Gasteiger partial charge on any atom is -0.744 e. The van der Waals surface area contributed by atoms with Crippen LogP contribution in [0.25, 0.3) is 0 Å². The molecule has 128 valence electrons. The van der Waals surface area contributed by atoms with E-state index in [0.29, 0.717) is 11.1 Å². The van der Waals surface area contributed by atoms with Gasteiger partial charge < -0.3 is 9.29 Å². The largest absolute Gasteiger partial charge is 0.744 e. The fraction of sp³-hybridized carbons (Fsp3) is 0.133. The van der Waals surface area contributed by atoms with Crippen molar-refractivity contribution in [3.05, 3.63) is 51.7 Å². The quantitative estimate of drug-likeness (QED) is 0.159. The van der Waals surface area contributed by atoms with Crippen LogP contribution in [0.2, 0.25) is 0 Å². The molecule has 5 nitrogen and oxygen atoms in total. The SMILES string of the molecule is Cc1cc(S(=O)(=O)[O-])c(C)cc1OC(=O)c1ccc(I)c(I)c1I. The van der Waals surface area contributed by atoms with Gasteiger partial charge in [-0.25, -0.2) is 13.2 Å². The highest BCUT2D eigenvalue weighted by atomic mass is 127. The van der Waals surface area contributed by atoms with Gasteiger partial charge in [0.1, 0.15) is 15.9 Å². The summed E-state index contributed by atoms with van der Waals surface area (Å²) < 4.78 is 41.8. The summed E-state index contributed by atoms with van der Waals surface area (Å²) in [6.45, 7) is 3.07. The van der Waals surface area contributed by atoms with Crippen LogP contribution < -0.4 is 4.74 Å². The number of carbonyl (C=O) groups is 1. The maximum Gasteiger partial charge on any atom is 0.344 e. The lowest BCUT2D eigenvalue weighted by molar-refractivity contribution is 0.0732. The molecule has 0 aliphatic rings. The molecule has 24 heavy (non-hydrogen) atoms. The molecule has 0 fully saturated rings. The van der Waals surface area contributed by atoms with Crippen LogP contribution in [-0.4, -0.2) is 18.9 Å². The molecule has 0 aliphatic heterocycles. The van der Waals surface area contributed by atoms with Crippen molar-refractivity contribution in [1.82, 2.24) is 0 Å². The third-order valence-electron chi connectivity index (χ3n) is 3.20. The number of hydrogen-bond acceptors (Lipinski definition) is 5. The molecule has 0 heterocycles. The third kappa shape index (κ3) is 4.40. The zero-order valence-electron chi connectivity index (χ0n) is 12.4. The van der Waals surface area contributed by atoms with Gasteiger partial charge in [0.05, 0.1) is 10.5 Å². The van der Waals surface area contributed by atoms with Crippen LogP contribution in [0.15, 0.2) is 29.2 Å². The molecule has 2 rings (SSSR count). The third-order valence-corrected chi connectivity index (χ3v) is 9.38. The van der Waals surface area contributed by atoms with Gasteiger partial charge in [-0.3, -0.25) is 0 Å². The Morgan fingerprint density at radius 2 is 1.67 bits per heavy atom. The Morgan fingerprint density at radius 3 is 2.25 bits per heavy atom. The second-order valence-electron chi connectivity index (χ2n) is 4.95. The average molecular weight is 683 g/mol. The number of benzene rings is 2. The first-order valence-corrected chi connectivity index (χ1v) is 11.1. The van der Waals surface area contributed by atoms with E-state index in [1.165, 1.54) is 19.1 Å². The molecule has 0 amide bonds. The highest BCUT2D eigenvalue weighted by Gasteiger charge is 2.18. The maximum absolute atomic E-state index is 12.4. The first-order valence-electron chi connectivity index (χ1n) is 6.45. The van der Waals surface area contributed by atoms with E-state index in [9.17, 15) is 17.8 Å². The molecule has 0 aromatic heterocycles. The molecule has 0 radical (unpaired) electrons. The minimum atomic E-state index is -4.56. The van der Waals surface area contributed by atoms with Gasteiger partial charge in [-0.1, -0.05) is 0 Å². The highest BCUT2D eigenvalue weighted by Crippen LogP contribution is 2.29. The molecule has 0 spiro atoms. The zero-order chi connectivity index (χ0) is 18.2. The van der Waals surface area contributed by atoms with Crippen LogP contribution in [-0.2, 0) is 10.1 Å². The number of carbonyl (C=O) groups excluding carboxylic acids is 1. The number of esters is 1. The van der Waals surface area contributed by atoms with Crippen molar-refractivity contribution in [2.45, 2.75) is 18.7 Å². The molecular weight excluding hydrogens is 673 g/mol. The van der Waals surface area contributed by atoms with Crippen LogP contribution in [0.4, 0.5) is 0 Å². The van der Waals surface area contributed by atoms with Crippen molar-refractivity contribution in [3.63, 3.8) is 0 Å². The lowest BCUT2D eigenvalue weighted by atomic mass is 10.1. The van der Waals surface area contributed by atoms with Gasteiger partial charge in [-0.15, -0.1) is 0 Å². The number of rotatable bonds is 3. The Labute approximate surface area is 180 Å². The number of aryl methyl sites for hydroxylation is 2. The van der Waals surface area contributed by atoms with E-state index < -0.39 is 16.1 Å². The summed E-state index contributed by atoms with van der Waals surface area (Å²) in [7, 11) is -4.56. The normalized spacial score (nSPS) is 11.4. The molecule has 0 aliphatic carbocycles. The lowest BCUT2D eigenvalue weighted by Crippen LogP contribution is -2.13. The monoisotopic (exact) mass is 683 g/mol. The summed E-state index contributed by atoms with van der Waals surface area (Å²) >= 11 is 6.43. The first kappa shape index (κ1) is 20.3. The van der Waals surface area contributed by atoms with Crippen molar-refractivity contribution in [2.75, 3.05) is 0 Å². The Hall–Kier alpha value is 0.0100. The Balaban J connectivity index is 2.41. The lowest BCUT2D eigenvalue weighted by Gasteiger charge is -2.15. The van der Waals surface area contributed by atoms with Gasteiger partial charge in [0.25, 0.3) is 0 Å². The minimum absolute atomic E-state index is 0.231. The fourth-order valence-corrected chi connectivity index (χ4v) is 4.88. The van der Waals surface area contributed by atoms with E-state index in [4.69, 9.17) is 4.74 Å². The topological polar surface area (TPSA) is 83.5 Å². The van der Waals surface area contributed by atoms with Gasteiger partial charge in [0.2, 0.25) is 0 Å². The van der Waals surface area contributed by atoms with E-state index in [1.807, 2.05) is 6.07 Å². The summed E-state index contributed by atoms with van der Waals surface area (Å²) in [5, 5.41) is 0. The molecular formula is C15H10I3O5S-. The standard InChI is InChI=1S/C15H11I3O5S/c1-7-6-12(24(20,21)22)8(2)5-11(7)23-15(19)9-3-4-10(16)14(18)13(9)17/h3-6H,1-2H3,(H,20,21,22)/p-1. The van der Waals surface area contributed by atoms with Crippen molar-refractivity contribution < 1.29 is 22.5 Å². The van der Waals surface area contributed by atoms with E-state index in [2.05, 4.69) is 67.8 Å². The van der Waals surface area contributed by atoms with Gasteiger partial charge in [0, 0.05) is 10.7 Å². The predicted molar refractivity (Wildman–Crippen MR) is 113 cm³/mol. The van der Waals surface area contributed by atoms with Crippen LogP contribution in [0.1, 0.15) is 21.5 Å². The average Bonchev–Trinajstić information content (AvgIpc) is 2.47. The van der Waals surface area contributed by atoms with Crippen LogP contribution in [0.3, 0.4) is 0 Å². The zero-order valence-corrected chi connectivity index (χ0v) is 19.7. The molecule has 2 aromatic carbocycles. The van der Waals surface area contributed by atoms with Gasteiger partial charge in [0.15, 0.2) is 0 Å². The Morgan fingerprint density at radius 1 is 1.04 bits per heavy atom. The summed E-state index contributed by atoms with van der Waals surface area (Å²) in [6.07, 6.45) is 0. The molecule has 0 N–H and O–H groups in total. The van der Waals surface area contributed by atoms with Crippen LogP contribution in [0.5, 0.6) is 5.75 Å². The molecule has 9 heteroatoms. The summed E-state index contributed by atoms with van der Waals surface area (Å²) in [4.78, 5) is 12.1. The summed E-state index contributed by atoms with van der Waals surface area (Å²) in [5.74, 6) is -0.303. The van der Waals surface area contributed by atoms with Crippen molar-refractivity contribution in [3.8, 4) is 5.75 Å². The second kappa shape index (κ2) is 7.72. The molecule has 0 unspecified atom stereocenters. The van der Waals surface area contributed by atoms with E-state index in [1.54, 1.807) is 13.0 Å². The second-order valence-corrected chi connectivity index (χ2v) is 9.62. The van der Waals surface area contributed by atoms with Crippen molar-refractivity contribution in [2.24, 2.45) is 0 Å². The summed E-state index contributed by atoms with van der Waals surface area (Å²) in [5.41, 5.74) is 1.07. The van der Waals surface area contributed by atoms with Gasteiger partial charge in [-0.05, 0) is 117 Å². The molecule has 0 saturated heterocycles. The van der Waals surface area contributed by atoms with Gasteiger partial charge >= 0.3 is 5.97 Å². The number of halogens is 3. The number of ether oxygens (including phenoxy) is 1. The Kier molecular flexibility index (Phi) is 6.53. The molecule has 2 aromatic rings. The van der Waals surface area contributed by atoms with Crippen molar-refractivity contribution >= 4 is 83.9 Å². The van der Waals surface area contributed by atoms with E-state index >= 15 is 0 Å². The molecule has 0 atom stereocenters. The Bertz CT molecular complexity index is 939. The van der Waals surface area contributed by atoms with Gasteiger partial charge in [-0.2, -0.15) is 0 Å². The fourth-order valence-electron chi connectivity index (χ4n) is 1.98. The first-order chi connectivity index (χ1) is 11.0. The van der Waals surface area contributed by atoms with Crippen molar-refractivity contribution in [1.29, 1.82) is 0 Å². The van der Waals surface area contributed by atoms with Crippen LogP contribution in [0, 0.1) is 24.6 Å².